The number of hydrogen-bond acceptors (Lipinski definition) is 2. The molecule has 19 heavy (non-hydrogen) atoms. The summed E-state index contributed by atoms with van der Waals surface area (Å²) in [5.74, 6) is 0.0384. The van der Waals surface area contributed by atoms with Gasteiger partial charge in [0.15, 0.2) is 0 Å². The second-order valence-corrected chi connectivity index (χ2v) is 6.07. The molecule has 1 atom stereocenters. The number of benzene rings is 1. The number of fused-ring (bicyclic) bond motifs is 1. The Morgan fingerprint density at radius 1 is 1.32 bits per heavy atom. The van der Waals surface area contributed by atoms with Gasteiger partial charge in [0.05, 0.1) is 0 Å². The topological polar surface area (TPSA) is 40.6 Å². The maximum absolute atomic E-state index is 12.4. The molecule has 1 unspecified atom stereocenters. The Labute approximate surface area is 120 Å². The van der Waals surface area contributed by atoms with Crippen LogP contribution in [0, 0.1) is 0 Å². The smallest absolute Gasteiger partial charge is 0.255 e. The molecule has 0 bridgehead atoms. The summed E-state index contributed by atoms with van der Waals surface area (Å²) in [4.78, 5) is 28.1. The number of carbonyl (C=O) groups is 2. The third kappa shape index (κ3) is 2.06. The van der Waals surface area contributed by atoms with Crippen molar-refractivity contribution in [3.05, 3.63) is 33.8 Å². The molecule has 0 spiro atoms. The molecule has 3 rings (SSSR count). The Kier molecular flexibility index (Phi) is 3.09. The predicted molar refractivity (Wildman–Crippen MR) is 74.7 cm³/mol. The van der Waals surface area contributed by atoms with Crippen molar-refractivity contribution < 1.29 is 9.59 Å². The van der Waals surface area contributed by atoms with Gasteiger partial charge in [-0.1, -0.05) is 22.0 Å². The van der Waals surface area contributed by atoms with Gasteiger partial charge in [0.25, 0.3) is 5.91 Å². The number of piperidine rings is 1. The SMILES string of the molecule is CN1CCCC(N2Cc3ccc(Br)cc3C2=O)C1=O. The number of halogens is 1. The summed E-state index contributed by atoms with van der Waals surface area (Å²) < 4.78 is 0.897. The van der Waals surface area contributed by atoms with Crippen LogP contribution in [0.2, 0.25) is 0 Å². The van der Waals surface area contributed by atoms with Crippen LogP contribution in [-0.4, -0.2) is 41.2 Å². The van der Waals surface area contributed by atoms with E-state index in [1.165, 1.54) is 0 Å². The lowest BCUT2D eigenvalue weighted by Gasteiger charge is -2.34. The molecule has 2 amide bonds. The van der Waals surface area contributed by atoms with Crippen molar-refractivity contribution in [3.63, 3.8) is 0 Å². The molecule has 1 aromatic rings. The van der Waals surface area contributed by atoms with E-state index in [2.05, 4.69) is 15.9 Å². The molecule has 100 valence electrons. The fraction of sp³-hybridized carbons (Fsp3) is 0.429. The lowest BCUT2D eigenvalue weighted by molar-refractivity contribution is -0.137. The number of carbonyl (C=O) groups excluding carboxylic acids is 2. The van der Waals surface area contributed by atoms with Crippen LogP contribution in [0.4, 0.5) is 0 Å². The minimum absolute atomic E-state index is 0.0232. The van der Waals surface area contributed by atoms with Gasteiger partial charge in [-0.05, 0) is 30.5 Å². The Hall–Kier alpha value is -1.36. The number of amides is 2. The fourth-order valence-corrected chi connectivity index (χ4v) is 3.21. The molecule has 0 aliphatic carbocycles. The van der Waals surface area contributed by atoms with Gasteiger partial charge in [-0.3, -0.25) is 9.59 Å². The number of hydrogen-bond donors (Lipinski definition) is 0. The van der Waals surface area contributed by atoms with Crippen LogP contribution in [0.1, 0.15) is 28.8 Å². The molecule has 0 saturated carbocycles. The average molecular weight is 323 g/mol. The summed E-state index contributed by atoms with van der Waals surface area (Å²) in [5.41, 5.74) is 1.73. The first-order valence-electron chi connectivity index (χ1n) is 6.42. The second-order valence-electron chi connectivity index (χ2n) is 5.15. The molecule has 5 heteroatoms. The van der Waals surface area contributed by atoms with Crippen molar-refractivity contribution in [3.8, 4) is 0 Å². The monoisotopic (exact) mass is 322 g/mol. The quantitative estimate of drug-likeness (QED) is 0.793. The minimum Gasteiger partial charge on any atom is -0.344 e. The standard InChI is InChI=1S/C14H15BrN2O2/c1-16-6-2-3-12(14(16)19)17-8-9-4-5-10(15)7-11(9)13(17)18/h4-5,7,12H,2-3,6,8H2,1H3. The van der Waals surface area contributed by atoms with Crippen LogP contribution < -0.4 is 0 Å². The summed E-state index contributed by atoms with van der Waals surface area (Å²) in [6, 6.07) is 5.44. The van der Waals surface area contributed by atoms with Crippen molar-refractivity contribution in [2.75, 3.05) is 13.6 Å². The lowest BCUT2D eigenvalue weighted by Crippen LogP contribution is -2.51. The Balaban J connectivity index is 1.89. The Morgan fingerprint density at radius 3 is 2.89 bits per heavy atom. The highest BCUT2D eigenvalue weighted by Gasteiger charge is 2.38. The van der Waals surface area contributed by atoms with E-state index in [1.54, 1.807) is 16.8 Å². The van der Waals surface area contributed by atoms with Gasteiger partial charge in [0, 0.05) is 30.2 Å². The zero-order chi connectivity index (χ0) is 13.6. The number of likely N-dealkylation sites (tertiary alicyclic amines) is 1. The predicted octanol–water partition coefficient (Wildman–Crippen LogP) is 2.03. The van der Waals surface area contributed by atoms with E-state index in [1.807, 2.05) is 18.2 Å². The highest BCUT2D eigenvalue weighted by Crippen LogP contribution is 2.30. The van der Waals surface area contributed by atoms with Crippen molar-refractivity contribution in [1.82, 2.24) is 9.80 Å². The largest absolute Gasteiger partial charge is 0.344 e. The van der Waals surface area contributed by atoms with Crippen molar-refractivity contribution in [2.45, 2.75) is 25.4 Å². The van der Waals surface area contributed by atoms with Gasteiger partial charge < -0.3 is 9.80 Å². The molecule has 4 nitrogen and oxygen atoms in total. The third-order valence-corrected chi connectivity index (χ3v) is 4.41. The molecule has 2 aliphatic rings. The molecule has 1 fully saturated rings. The van der Waals surface area contributed by atoms with Crippen LogP contribution in [0.25, 0.3) is 0 Å². The van der Waals surface area contributed by atoms with Gasteiger partial charge in [-0.15, -0.1) is 0 Å². The molecule has 0 N–H and O–H groups in total. The van der Waals surface area contributed by atoms with E-state index in [9.17, 15) is 9.59 Å². The molecule has 2 heterocycles. The van der Waals surface area contributed by atoms with Crippen molar-refractivity contribution >= 4 is 27.7 Å². The fourth-order valence-electron chi connectivity index (χ4n) is 2.85. The zero-order valence-electron chi connectivity index (χ0n) is 10.7. The van der Waals surface area contributed by atoms with E-state index < -0.39 is 0 Å². The minimum atomic E-state index is -0.294. The number of nitrogens with zero attached hydrogens (tertiary/aromatic N) is 2. The molecule has 1 saturated heterocycles. The van der Waals surface area contributed by atoms with Gasteiger partial charge >= 0.3 is 0 Å². The maximum atomic E-state index is 12.4. The van der Waals surface area contributed by atoms with Gasteiger partial charge in [-0.25, -0.2) is 0 Å². The van der Waals surface area contributed by atoms with E-state index in [4.69, 9.17) is 0 Å². The van der Waals surface area contributed by atoms with E-state index in [0.29, 0.717) is 6.54 Å². The first-order valence-corrected chi connectivity index (χ1v) is 7.21. The maximum Gasteiger partial charge on any atom is 0.255 e. The number of likely N-dealkylation sites (N-methyl/N-ethyl adjacent to an activating group) is 1. The summed E-state index contributed by atoms with van der Waals surface area (Å²) >= 11 is 3.38. The highest BCUT2D eigenvalue weighted by atomic mass is 79.9. The average Bonchev–Trinajstić information content (AvgIpc) is 2.70. The third-order valence-electron chi connectivity index (χ3n) is 3.91. The molecular weight excluding hydrogens is 308 g/mol. The van der Waals surface area contributed by atoms with Gasteiger partial charge in [0.2, 0.25) is 5.91 Å². The lowest BCUT2D eigenvalue weighted by atomic mass is 10.0. The Bertz CT molecular complexity index is 558. The van der Waals surface area contributed by atoms with Crippen LogP contribution in [-0.2, 0) is 11.3 Å². The van der Waals surface area contributed by atoms with Crippen LogP contribution in [0.15, 0.2) is 22.7 Å². The highest BCUT2D eigenvalue weighted by molar-refractivity contribution is 9.10. The van der Waals surface area contributed by atoms with Crippen LogP contribution in [0.3, 0.4) is 0 Å². The zero-order valence-corrected chi connectivity index (χ0v) is 12.3. The summed E-state index contributed by atoms with van der Waals surface area (Å²) in [7, 11) is 1.80. The van der Waals surface area contributed by atoms with E-state index >= 15 is 0 Å². The number of rotatable bonds is 1. The molecule has 1 aromatic carbocycles. The van der Waals surface area contributed by atoms with Crippen LogP contribution >= 0.6 is 15.9 Å². The van der Waals surface area contributed by atoms with Crippen LogP contribution in [0.5, 0.6) is 0 Å². The first-order chi connectivity index (χ1) is 9.08. The normalized spacial score (nSPS) is 22.9. The van der Waals surface area contributed by atoms with Crippen molar-refractivity contribution in [1.29, 1.82) is 0 Å². The van der Waals surface area contributed by atoms with Crippen molar-refractivity contribution in [2.24, 2.45) is 0 Å². The second kappa shape index (κ2) is 4.63. The summed E-state index contributed by atoms with van der Waals surface area (Å²) in [6.45, 7) is 1.33. The van der Waals surface area contributed by atoms with Gasteiger partial charge in [-0.2, -0.15) is 0 Å². The molecular formula is C14H15BrN2O2. The molecule has 0 radical (unpaired) electrons. The summed E-state index contributed by atoms with van der Waals surface area (Å²) in [6.07, 6.45) is 1.72. The van der Waals surface area contributed by atoms with Gasteiger partial charge in [0.1, 0.15) is 6.04 Å². The van der Waals surface area contributed by atoms with E-state index in [-0.39, 0.29) is 17.9 Å². The van der Waals surface area contributed by atoms with E-state index in [0.717, 1.165) is 35.0 Å². The summed E-state index contributed by atoms with van der Waals surface area (Å²) in [5, 5.41) is 0. The molecule has 2 aliphatic heterocycles. The molecule has 0 aromatic heterocycles. The first kappa shape index (κ1) is 12.7. The Morgan fingerprint density at radius 2 is 2.11 bits per heavy atom.